The van der Waals surface area contributed by atoms with Crippen molar-refractivity contribution in [1.82, 2.24) is 9.97 Å². The van der Waals surface area contributed by atoms with Gasteiger partial charge in [-0.15, -0.1) is 0 Å². The summed E-state index contributed by atoms with van der Waals surface area (Å²) in [4.78, 5) is 21.4. The second-order valence-corrected chi connectivity index (χ2v) is 6.86. The Hall–Kier alpha value is -3.98. The van der Waals surface area contributed by atoms with Gasteiger partial charge in [0.15, 0.2) is 5.78 Å². The van der Waals surface area contributed by atoms with E-state index < -0.39 is 0 Å². The van der Waals surface area contributed by atoms with Gasteiger partial charge in [-0.2, -0.15) is 0 Å². The molecule has 0 saturated carbocycles. The third-order valence-corrected chi connectivity index (χ3v) is 5.13. The lowest BCUT2D eigenvalue weighted by Gasteiger charge is -2.13. The van der Waals surface area contributed by atoms with Gasteiger partial charge in [-0.05, 0) is 16.7 Å². The van der Waals surface area contributed by atoms with Crippen LogP contribution in [-0.2, 0) is 4.79 Å². The average Bonchev–Trinajstić information content (AvgIpc) is 3.41. The van der Waals surface area contributed by atoms with Crippen LogP contribution in [0.5, 0.6) is 0 Å². The van der Waals surface area contributed by atoms with Crippen molar-refractivity contribution in [3.8, 4) is 0 Å². The molecule has 0 fully saturated rings. The Labute approximate surface area is 169 Å². The molecule has 29 heavy (non-hydrogen) atoms. The fraction of sp³-hybridized carbons (Fsp3) is 0. The summed E-state index contributed by atoms with van der Waals surface area (Å²) in [5, 5.41) is 0. The lowest BCUT2D eigenvalue weighted by molar-refractivity contribution is -0.108. The Bertz CT molecular complexity index is 1220. The van der Waals surface area contributed by atoms with Crippen molar-refractivity contribution in [3.05, 3.63) is 126 Å². The highest BCUT2D eigenvalue weighted by Gasteiger charge is 2.36. The maximum Gasteiger partial charge on any atom is 0.198 e. The number of allylic oxidation sites excluding steroid dienone is 4. The molecule has 3 aromatic carbocycles. The molecule has 1 heterocycles. The van der Waals surface area contributed by atoms with Crippen LogP contribution in [0.4, 0.5) is 0 Å². The van der Waals surface area contributed by atoms with Crippen LogP contribution in [0, 0.1) is 0 Å². The van der Waals surface area contributed by atoms with Crippen LogP contribution >= 0.6 is 0 Å². The van der Waals surface area contributed by atoms with Crippen LogP contribution in [0.1, 0.15) is 22.5 Å². The van der Waals surface area contributed by atoms with E-state index in [9.17, 15) is 4.79 Å². The van der Waals surface area contributed by atoms with E-state index in [4.69, 9.17) is 0 Å². The summed E-state index contributed by atoms with van der Waals surface area (Å²) in [6.45, 7) is 0. The van der Waals surface area contributed by atoms with E-state index in [0.717, 1.165) is 27.8 Å². The van der Waals surface area contributed by atoms with Gasteiger partial charge >= 0.3 is 0 Å². The maximum absolute atomic E-state index is 13.8. The number of ketones is 1. The first kappa shape index (κ1) is 17.1. The highest BCUT2D eigenvalue weighted by atomic mass is 16.1. The molecule has 0 bridgehead atoms. The van der Waals surface area contributed by atoms with Gasteiger partial charge in [-0.1, -0.05) is 91.0 Å². The first-order chi connectivity index (χ1) is 14.3. The lowest BCUT2D eigenvalue weighted by Crippen LogP contribution is -2.03. The zero-order chi connectivity index (χ0) is 19.6. The molecule has 1 N–H and O–H groups in total. The fourth-order valence-electron chi connectivity index (χ4n) is 3.90. The molecular weight excluding hydrogens is 356 g/mol. The predicted molar refractivity (Wildman–Crippen MR) is 117 cm³/mol. The number of carbonyl (C=O) groups excluding carboxylic acids is 1. The first-order valence-electron chi connectivity index (χ1n) is 9.54. The van der Waals surface area contributed by atoms with Gasteiger partial charge in [0.2, 0.25) is 0 Å². The number of hydrogen-bond acceptors (Lipinski definition) is 2. The van der Waals surface area contributed by atoms with E-state index in [1.807, 2.05) is 78.9 Å². The summed E-state index contributed by atoms with van der Waals surface area (Å²) in [7, 11) is 0. The van der Waals surface area contributed by atoms with Gasteiger partial charge in [0, 0.05) is 29.1 Å². The number of rotatable bonds is 4. The van der Waals surface area contributed by atoms with Gasteiger partial charge in [-0.3, -0.25) is 4.79 Å². The van der Waals surface area contributed by atoms with Gasteiger partial charge in [0.1, 0.15) is 5.82 Å². The Morgan fingerprint density at radius 2 is 1.00 bits per heavy atom. The first-order valence-corrected chi connectivity index (χ1v) is 9.54. The minimum Gasteiger partial charge on any atom is -0.344 e. The summed E-state index contributed by atoms with van der Waals surface area (Å²) < 4.78 is 0. The van der Waals surface area contributed by atoms with E-state index >= 15 is 0 Å². The number of nitrogens with one attached hydrogen (secondary N) is 1. The number of aromatic amines is 1. The van der Waals surface area contributed by atoms with Crippen molar-refractivity contribution in [2.24, 2.45) is 0 Å². The van der Waals surface area contributed by atoms with Crippen molar-refractivity contribution in [3.63, 3.8) is 0 Å². The van der Waals surface area contributed by atoms with E-state index in [1.165, 1.54) is 0 Å². The van der Waals surface area contributed by atoms with Gasteiger partial charge < -0.3 is 4.98 Å². The number of carbonyl (C=O) groups is 1. The van der Waals surface area contributed by atoms with Crippen LogP contribution in [-0.4, -0.2) is 15.8 Å². The third-order valence-electron chi connectivity index (χ3n) is 5.13. The summed E-state index contributed by atoms with van der Waals surface area (Å²) in [5.41, 5.74) is 6.10. The fourth-order valence-corrected chi connectivity index (χ4v) is 3.90. The summed E-state index contributed by atoms with van der Waals surface area (Å²) >= 11 is 0. The Morgan fingerprint density at radius 3 is 1.45 bits per heavy atom. The number of nitrogens with zero attached hydrogens (tertiary/aromatic N) is 1. The van der Waals surface area contributed by atoms with E-state index in [1.54, 1.807) is 12.4 Å². The number of aromatic nitrogens is 2. The lowest BCUT2D eigenvalue weighted by atomic mass is 9.90. The number of H-pyrrole nitrogens is 1. The van der Waals surface area contributed by atoms with Gasteiger partial charge in [-0.25, -0.2) is 4.98 Å². The highest BCUT2D eigenvalue weighted by Crippen LogP contribution is 2.48. The number of Topliss-reactive ketones (excluding diaryl/α,β-unsaturated/α-hetero) is 1. The van der Waals surface area contributed by atoms with Crippen LogP contribution in [0.15, 0.2) is 103 Å². The number of benzene rings is 3. The molecule has 3 heteroatoms. The molecular formula is C26H18N2O. The van der Waals surface area contributed by atoms with Crippen molar-refractivity contribution in [2.75, 3.05) is 0 Å². The van der Waals surface area contributed by atoms with Crippen LogP contribution < -0.4 is 0 Å². The SMILES string of the molecule is O=C1C(c2ccccc2)=C(c2ccccc2)C(c2ccccc2)=C1c1ncc[nH]1. The predicted octanol–water partition coefficient (Wildman–Crippen LogP) is 5.51. The molecule has 138 valence electrons. The molecule has 0 unspecified atom stereocenters. The summed E-state index contributed by atoms with van der Waals surface area (Å²) in [5.74, 6) is 0.581. The van der Waals surface area contributed by atoms with Crippen molar-refractivity contribution < 1.29 is 4.79 Å². The monoisotopic (exact) mass is 374 g/mol. The molecule has 0 radical (unpaired) electrons. The number of hydrogen-bond donors (Lipinski definition) is 1. The van der Waals surface area contributed by atoms with Crippen molar-refractivity contribution >= 4 is 28.1 Å². The van der Waals surface area contributed by atoms with Crippen LogP contribution in [0.2, 0.25) is 0 Å². The molecule has 1 aromatic heterocycles. The summed E-state index contributed by atoms with van der Waals surface area (Å²) in [6, 6.07) is 30.0. The summed E-state index contributed by atoms with van der Waals surface area (Å²) in [6.07, 6.45) is 3.43. The Morgan fingerprint density at radius 1 is 0.552 bits per heavy atom. The van der Waals surface area contributed by atoms with Crippen LogP contribution in [0.3, 0.4) is 0 Å². The van der Waals surface area contributed by atoms with E-state index in [-0.39, 0.29) is 5.78 Å². The largest absolute Gasteiger partial charge is 0.344 e. The third kappa shape index (κ3) is 2.93. The molecule has 1 aliphatic rings. The Balaban J connectivity index is 1.87. The molecule has 4 aromatic rings. The van der Waals surface area contributed by atoms with Crippen molar-refractivity contribution in [2.45, 2.75) is 0 Å². The van der Waals surface area contributed by atoms with Crippen molar-refractivity contribution in [1.29, 1.82) is 0 Å². The normalized spacial score (nSPS) is 14.0. The number of imidazole rings is 1. The maximum atomic E-state index is 13.8. The standard InChI is InChI=1S/C26H18N2O/c29-25-23(20-14-8-3-9-15-20)21(18-10-4-1-5-11-18)22(19-12-6-2-7-13-19)24(25)26-27-16-17-28-26/h1-17H,(H,27,28). The molecule has 0 atom stereocenters. The molecule has 1 aliphatic carbocycles. The average molecular weight is 374 g/mol. The second-order valence-electron chi connectivity index (χ2n) is 6.86. The molecule has 0 spiro atoms. The highest BCUT2D eigenvalue weighted by molar-refractivity contribution is 6.58. The van der Waals surface area contributed by atoms with Gasteiger partial charge in [0.05, 0.1) is 5.57 Å². The minimum absolute atomic E-state index is 0.0103. The zero-order valence-corrected chi connectivity index (χ0v) is 15.7. The van der Waals surface area contributed by atoms with E-state index in [0.29, 0.717) is 17.0 Å². The molecule has 0 aliphatic heterocycles. The second kappa shape index (κ2) is 7.21. The topological polar surface area (TPSA) is 45.8 Å². The van der Waals surface area contributed by atoms with E-state index in [2.05, 4.69) is 22.1 Å². The molecule has 0 saturated heterocycles. The molecule has 3 nitrogen and oxygen atoms in total. The minimum atomic E-state index is -0.0103. The quantitative estimate of drug-likeness (QED) is 0.512. The smallest absolute Gasteiger partial charge is 0.198 e. The molecule has 5 rings (SSSR count). The van der Waals surface area contributed by atoms with Crippen LogP contribution in [0.25, 0.3) is 22.3 Å². The molecule has 0 amide bonds. The zero-order valence-electron chi connectivity index (χ0n) is 15.7. The van der Waals surface area contributed by atoms with Gasteiger partial charge in [0.25, 0.3) is 0 Å². The Kier molecular flexibility index (Phi) is 4.26.